The molecule has 2 atom stereocenters. The van der Waals surface area contributed by atoms with Gasteiger partial charge < -0.3 is 11.5 Å². The fraction of sp³-hybridized carbons (Fsp3) is 0.833. The topological polar surface area (TPSA) is 86.2 Å². The van der Waals surface area contributed by atoms with Crippen LogP contribution in [0.5, 0.6) is 0 Å². The zero-order valence-electron chi connectivity index (χ0n) is 10.4. The number of nitrogens with two attached hydrogens (primary N) is 2. The molecule has 0 saturated heterocycles. The largest absolute Gasteiger partial charge is 0.369 e. The summed E-state index contributed by atoms with van der Waals surface area (Å²) < 4.78 is 0. The molecule has 0 aromatic rings. The van der Waals surface area contributed by atoms with Crippen LogP contribution in [-0.4, -0.2) is 11.8 Å². The van der Waals surface area contributed by atoms with Crippen LogP contribution < -0.4 is 11.5 Å². The maximum absolute atomic E-state index is 11.0. The van der Waals surface area contributed by atoms with Gasteiger partial charge in [0.05, 0.1) is 0 Å². The molecule has 2 amide bonds. The van der Waals surface area contributed by atoms with E-state index < -0.39 is 0 Å². The van der Waals surface area contributed by atoms with E-state index in [1.807, 2.05) is 13.8 Å². The Balaban J connectivity index is 3.53. The van der Waals surface area contributed by atoms with Gasteiger partial charge in [0.25, 0.3) is 0 Å². The van der Waals surface area contributed by atoms with E-state index in [9.17, 15) is 9.59 Å². The van der Waals surface area contributed by atoms with Crippen molar-refractivity contribution >= 4 is 11.8 Å². The Labute approximate surface area is 97.8 Å². The maximum Gasteiger partial charge on any atom is 0.220 e. The molecule has 2 unspecified atom stereocenters. The first-order valence-electron chi connectivity index (χ1n) is 6.07. The van der Waals surface area contributed by atoms with Crippen molar-refractivity contribution in [1.29, 1.82) is 0 Å². The lowest BCUT2D eigenvalue weighted by Gasteiger charge is -2.10. The van der Waals surface area contributed by atoms with Crippen molar-refractivity contribution in [2.75, 3.05) is 0 Å². The third-order valence-corrected chi connectivity index (χ3v) is 3.07. The fourth-order valence-electron chi connectivity index (χ4n) is 1.71. The minimum Gasteiger partial charge on any atom is -0.369 e. The first-order chi connectivity index (χ1) is 7.49. The number of primary amides is 2. The zero-order valence-corrected chi connectivity index (χ0v) is 10.4. The van der Waals surface area contributed by atoms with Gasteiger partial charge in [-0.2, -0.15) is 0 Å². The van der Waals surface area contributed by atoms with Crippen LogP contribution in [0.4, 0.5) is 0 Å². The molecule has 0 aromatic heterocycles. The van der Waals surface area contributed by atoms with Gasteiger partial charge >= 0.3 is 0 Å². The van der Waals surface area contributed by atoms with Gasteiger partial charge in [-0.3, -0.25) is 9.59 Å². The van der Waals surface area contributed by atoms with Crippen LogP contribution in [-0.2, 0) is 9.59 Å². The van der Waals surface area contributed by atoms with Crippen LogP contribution in [0.2, 0.25) is 0 Å². The normalized spacial score (nSPS) is 14.4. The molecule has 0 aromatic carbocycles. The van der Waals surface area contributed by atoms with E-state index in [0.717, 1.165) is 38.5 Å². The molecular formula is C12H24N2O2. The third kappa shape index (κ3) is 6.43. The lowest BCUT2D eigenvalue weighted by molar-refractivity contribution is -0.122. The average molecular weight is 228 g/mol. The van der Waals surface area contributed by atoms with Crippen molar-refractivity contribution in [1.82, 2.24) is 0 Å². The predicted octanol–water partition coefficient (Wildman–Crippen LogP) is 1.57. The SMILES string of the molecule is CCC(CCCCCC(C)C(N)=O)C(N)=O. The molecule has 0 saturated carbocycles. The second-order valence-corrected chi connectivity index (χ2v) is 4.45. The highest BCUT2D eigenvalue weighted by atomic mass is 16.1. The summed E-state index contributed by atoms with van der Waals surface area (Å²) in [5.41, 5.74) is 10.4. The molecule has 0 bridgehead atoms. The molecule has 0 rings (SSSR count). The Bertz CT molecular complexity index is 229. The molecule has 4 heteroatoms. The summed E-state index contributed by atoms with van der Waals surface area (Å²) in [6, 6.07) is 0. The predicted molar refractivity (Wildman–Crippen MR) is 64.4 cm³/mol. The summed E-state index contributed by atoms with van der Waals surface area (Å²) in [6.07, 6.45) is 5.51. The van der Waals surface area contributed by atoms with Crippen molar-refractivity contribution in [3.8, 4) is 0 Å². The first kappa shape index (κ1) is 14.9. The van der Waals surface area contributed by atoms with Crippen molar-refractivity contribution in [3.05, 3.63) is 0 Å². The highest BCUT2D eigenvalue weighted by Gasteiger charge is 2.12. The van der Waals surface area contributed by atoms with Crippen molar-refractivity contribution < 1.29 is 9.59 Å². The summed E-state index contributed by atoms with van der Waals surface area (Å²) in [6.45, 7) is 3.82. The number of carbonyl (C=O) groups is 2. The lowest BCUT2D eigenvalue weighted by atomic mass is 9.96. The monoisotopic (exact) mass is 228 g/mol. The fourth-order valence-corrected chi connectivity index (χ4v) is 1.71. The van der Waals surface area contributed by atoms with Crippen LogP contribution in [0.25, 0.3) is 0 Å². The lowest BCUT2D eigenvalue weighted by Crippen LogP contribution is -2.22. The number of amides is 2. The molecule has 0 heterocycles. The number of rotatable bonds is 9. The Morgan fingerprint density at radius 3 is 2.00 bits per heavy atom. The minimum absolute atomic E-state index is 0.00793. The zero-order chi connectivity index (χ0) is 12.6. The van der Waals surface area contributed by atoms with Gasteiger partial charge in [0.1, 0.15) is 0 Å². The van der Waals surface area contributed by atoms with Crippen molar-refractivity contribution in [2.45, 2.75) is 52.4 Å². The molecule has 0 aliphatic heterocycles. The van der Waals surface area contributed by atoms with E-state index in [-0.39, 0.29) is 23.7 Å². The van der Waals surface area contributed by atoms with Crippen LogP contribution in [0.15, 0.2) is 0 Å². The van der Waals surface area contributed by atoms with Gasteiger partial charge in [-0.15, -0.1) is 0 Å². The quantitative estimate of drug-likeness (QED) is 0.587. The van der Waals surface area contributed by atoms with E-state index in [1.54, 1.807) is 0 Å². The molecule has 4 N–H and O–H groups in total. The Hall–Kier alpha value is -1.06. The average Bonchev–Trinajstić information content (AvgIpc) is 2.22. The van der Waals surface area contributed by atoms with Gasteiger partial charge in [0.15, 0.2) is 0 Å². The number of hydrogen-bond acceptors (Lipinski definition) is 2. The van der Waals surface area contributed by atoms with E-state index in [4.69, 9.17) is 11.5 Å². The highest BCUT2D eigenvalue weighted by molar-refractivity contribution is 5.76. The standard InChI is InChI=1S/C12H24N2O2/c1-3-10(12(14)16)8-6-4-5-7-9(2)11(13)15/h9-10H,3-8H2,1-2H3,(H2,13,15)(H2,14,16). The third-order valence-electron chi connectivity index (χ3n) is 3.07. The molecule has 0 spiro atoms. The van der Waals surface area contributed by atoms with Gasteiger partial charge in [0, 0.05) is 11.8 Å². The van der Waals surface area contributed by atoms with Crippen molar-refractivity contribution in [2.24, 2.45) is 23.3 Å². The number of carbonyl (C=O) groups excluding carboxylic acids is 2. The molecule has 16 heavy (non-hydrogen) atoms. The molecule has 0 aliphatic carbocycles. The van der Waals surface area contributed by atoms with Gasteiger partial charge in [-0.1, -0.05) is 33.1 Å². The summed E-state index contributed by atoms with van der Waals surface area (Å²) in [5, 5.41) is 0. The molecule has 0 radical (unpaired) electrons. The second kappa shape index (κ2) is 8.13. The molecule has 0 aliphatic rings. The second-order valence-electron chi connectivity index (χ2n) is 4.45. The summed E-state index contributed by atoms with van der Waals surface area (Å²) in [4.78, 5) is 21.7. The van der Waals surface area contributed by atoms with Crippen LogP contribution >= 0.6 is 0 Å². The molecule has 0 fully saturated rings. The molecular weight excluding hydrogens is 204 g/mol. The van der Waals surface area contributed by atoms with E-state index in [0.29, 0.717) is 0 Å². The Morgan fingerprint density at radius 1 is 1.00 bits per heavy atom. The Morgan fingerprint density at radius 2 is 1.56 bits per heavy atom. The summed E-state index contributed by atoms with van der Waals surface area (Å²) in [5.74, 6) is -0.469. The van der Waals surface area contributed by atoms with Gasteiger partial charge in [0.2, 0.25) is 11.8 Å². The molecule has 94 valence electrons. The van der Waals surface area contributed by atoms with Crippen LogP contribution in [0, 0.1) is 11.8 Å². The van der Waals surface area contributed by atoms with Crippen LogP contribution in [0.1, 0.15) is 52.4 Å². The highest BCUT2D eigenvalue weighted by Crippen LogP contribution is 2.15. The maximum atomic E-state index is 11.0. The minimum atomic E-state index is -0.233. The van der Waals surface area contributed by atoms with Crippen LogP contribution in [0.3, 0.4) is 0 Å². The van der Waals surface area contributed by atoms with Gasteiger partial charge in [-0.05, 0) is 19.3 Å². The van der Waals surface area contributed by atoms with E-state index >= 15 is 0 Å². The summed E-state index contributed by atoms with van der Waals surface area (Å²) >= 11 is 0. The Kier molecular flexibility index (Phi) is 7.60. The molecule has 4 nitrogen and oxygen atoms in total. The summed E-state index contributed by atoms with van der Waals surface area (Å²) in [7, 11) is 0. The first-order valence-corrected chi connectivity index (χ1v) is 6.07. The van der Waals surface area contributed by atoms with Gasteiger partial charge in [-0.25, -0.2) is 0 Å². The van der Waals surface area contributed by atoms with Crippen molar-refractivity contribution in [3.63, 3.8) is 0 Å². The number of unbranched alkanes of at least 4 members (excludes halogenated alkanes) is 2. The van der Waals surface area contributed by atoms with E-state index in [1.165, 1.54) is 0 Å². The van der Waals surface area contributed by atoms with E-state index in [2.05, 4.69) is 0 Å². The number of hydrogen-bond donors (Lipinski definition) is 2. The smallest absolute Gasteiger partial charge is 0.220 e.